The highest BCUT2D eigenvalue weighted by atomic mass is 16.4. The summed E-state index contributed by atoms with van der Waals surface area (Å²) in [5.74, 6) is 1.30. The fourth-order valence-corrected chi connectivity index (χ4v) is 4.03. The number of aryl methyl sites for hydroxylation is 1. The summed E-state index contributed by atoms with van der Waals surface area (Å²) < 4.78 is 5.80. The summed E-state index contributed by atoms with van der Waals surface area (Å²) in [6, 6.07) is 3.91. The molecule has 6 heteroatoms. The molecule has 0 bridgehead atoms. The molecule has 1 aliphatic carbocycles. The Balaban J connectivity index is 1.62. The molecule has 138 valence electrons. The Morgan fingerprint density at radius 1 is 1.20 bits per heavy atom. The highest BCUT2D eigenvalue weighted by Gasteiger charge is 2.34. The van der Waals surface area contributed by atoms with Crippen LogP contribution in [-0.4, -0.2) is 34.6 Å². The molecule has 0 spiro atoms. The van der Waals surface area contributed by atoms with Crippen LogP contribution < -0.4 is 5.32 Å². The lowest BCUT2D eigenvalue weighted by molar-refractivity contribution is -0.142. The van der Waals surface area contributed by atoms with Gasteiger partial charge in [-0.3, -0.25) is 4.79 Å². The third kappa shape index (κ3) is 4.17. The summed E-state index contributed by atoms with van der Waals surface area (Å²) >= 11 is 0. The predicted octanol–water partition coefficient (Wildman–Crippen LogP) is 3.71. The number of carbonyl (C=O) groups is 2. The van der Waals surface area contributed by atoms with Gasteiger partial charge in [-0.2, -0.15) is 0 Å². The van der Waals surface area contributed by atoms with Crippen LogP contribution in [0.1, 0.15) is 63.0 Å². The van der Waals surface area contributed by atoms with Crippen LogP contribution in [0.2, 0.25) is 0 Å². The van der Waals surface area contributed by atoms with Crippen molar-refractivity contribution in [1.29, 1.82) is 0 Å². The molecule has 0 radical (unpaired) electrons. The molecular formula is C19H28N2O4. The summed E-state index contributed by atoms with van der Waals surface area (Å²) in [5.41, 5.74) is 0. The van der Waals surface area contributed by atoms with E-state index >= 15 is 0 Å². The molecule has 1 aromatic heterocycles. The summed E-state index contributed by atoms with van der Waals surface area (Å²) in [4.78, 5) is 25.8. The van der Waals surface area contributed by atoms with E-state index in [0.29, 0.717) is 18.8 Å². The normalized spacial score (nSPS) is 30.1. The zero-order valence-corrected chi connectivity index (χ0v) is 15.0. The zero-order chi connectivity index (χ0) is 18.0. The van der Waals surface area contributed by atoms with E-state index in [4.69, 9.17) is 9.52 Å². The molecule has 2 unspecified atom stereocenters. The molecular weight excluding hydrogens is 320 g/mol. The van der Waals surface area contributed by atoms with E-state index < -0.39 is 5.97 Å². The predicted molar refractivity (Wildman–Crippen MR) is 93.2 cm³/mol. The van der Waals surface area contributed by atoms with E-state index in [9.17, 15) is 9.59 Å². The molecule has 2 heterocycles. The van der Waals surface area contributed by atoms with E-state index in [0.717, 1.165) is 43.7 Å². The van der Waals surface area contributed by atoms with Crippen molar-refractivity contribution in [2.24, 2.45) is 11.8 Å². The fourth-order valence-electron chi connectivity index (χ4n) is 4.03. The van der Waals surface area contributed by atoms with Crippen LogP contribution in [-0.2, 0) is 4.79 Å². The highest BCUT2D eigenvalue weighted by molar-refractivity contribution is 5.75. The van der Waals surface area contributed by atoms with Crippen LogP contribution in [0.3, 0.4) is 0 Å². The standard InChI is InChI=1S/C19H28N2O4/c1-12-9-10-21(16(11-12)17-8-3-13(2)25-17)19(24)20-15-6-4-14(5-7-15)18(22)23/h3,8,12,14-16H,4-7,9-11H2,1-2H3,(H,20,24)(H,22,23). The first-order valence-corrected chi connectivity index (χ1v) is 9.30. The van der Waals surface area contributed by atoms with Crippen molar-refractivity contribution in [1.82, 2.24) is 10.2 Å². The number of hydrogen-bond acceptors (Lipinski definition) is 3. The minimum atomic E-state index is -0.719. The average Bonchev–Trinajstić information content (AvgIpc) is 3.01. The smallest absolute Gasteiger partial charge is 0.318 e. The molecule has 25 heavy (non-hydrogen) atoms. The van der Waals surface area contributed by atoms with Gasteiger partial charge in [-0.1, -0.05) is 6.92 Å². The van der Waals surface area contributed by atoms with Gasteiger partial charge in [-0.15, -0.1) is 0 Å². The second-order valence-electron chi connectivity index (χ2n) is 7.62. The van der Waals surface area contributed by atoms with Crippen LogP contribution in [0.5, 0.6) is 0 Å². The molecule has 3 rings (SSSR count). The molecule has 2 fully saturated rings. The molecule has 1 aliphatic heterocycles. The number of nitrogens with zero attached hydrogens (tertiary/aromatic N) is 1. The van der Waals surface area contributed by atoms with Crippen LogP contribution in [0.25, 0.3) is 0 Å². The van der Waals surface area contributed by atoms with Crippen molar-refractivity contribution in [3.63, 3.8) is 0 Å². The number of furan rings is 1. The Labute approximate surface area is 148 Å². The Kier molecular flexibility index (Phi) is 5.35. The first-order chi connectivity index (χ1) is 11.9. The van der Waals surface area contributed by atoms with Gasteiger partial charge in [0, 0.05) is 12.6 Å². The Morgan fingerprint density at radius 3 is 2.52 bits per heavy atom. The maximum absolute atomic E-state index is 12.8. The minimum absolute atomic E-state index is 0.0205. The number of nitrogens with one attached hydrogen (secondary N) is 1. The van der Waals surface area contributed by atoms with Crippen molar-refractivity contribution in [3.8, 4) is 0 Å². The topological polar surface area (TPSA) is 82.8 Å². The van der Waals surface area contributed by atoms with Gasteiger partial charge < -0.3 is 19.7 Å². The molecule has 2 amide bonds. The van der Waals surface area contributed by atoms with E-state index in [2.05, 4.69) is 12.2 Å². The van der Waals surface area contributed by atoms with Gasteiger partial charge in [-0.25, -0.2) is 4.79 Å². The molecule has 1 saturated carbocycles. The number of piperidine rings is 1. The quantitative estimate of drug-likeness (QED) is 0.872. The van der Waals surface area contributed by atoms with Gasteiger partial charge in [0.2, 0.25) is 0 Å². The lowest BCUT2D eigenvalue weighted by Crippen LogP contribution is -2.49. The van der Waals surface area contributed by atoms with E-state index in [-0.39, 0.29) is 24.0 Å². The Morgan fingerprint density at radius 2 is 1.92 bits per heavy atom. The monoisotopic (exact) mass is 348 g/mol. The lowest BCUT2D eigenvalue weighted by Gasteiger charge is -2.38. The van der Waals surface area contributed by atoms with Crippen molar-refractivity contribution in [2.75, 3.05) is 6.54 Å². The summed E-state index contributed by atoms with van der Waals surface area (Å²) in [6.45, 7) is 4.86. The number of aliphatic carboxylic acids is 1. The largest absolute Gasteiger partial charge is 0.481 e. The van der Waals surface area contributed by atoms with Crippen molar-refractivity contribution < 1.29 is 19.1 Å². The molecule has 6 nitrogen and oxygen atoms in total. The van der Waals surface area contributed by atoms with Crippen molar-refractivity contribution in [3.05, 3.63) is 23.7 Å². The van der Waals surface area contributed by atoms with Gasteiger partial charge in [0.05, 0.1) is 12.0 Å². The van der Waals surface area contributed by atoms with Crippen LogP contribution in [0.15, 0.2) is 16.5 Å². The fraction of sp³-hybridized carbons (Fsp3) is 0.684. The van der Waals surface area contributed by atoms with Gasteiger partial charge in [0.15, 0.2) is 0 Å². The number of urea groups is 1. The zero-order valence-electron chi connectivity index (χ0n) is 15.0. The molecule has 0 aromatic carbocycles. The summed E-state index contributed by atoms with van der Waals surface area (Å²) in [7, 11) is 0. The summed E-state index contributed by atoms with van der Waals surface area (Å²) in [5, 5.41) is 12.2. The van der Waals surface area contributed by atoms with Crippen molar-refractivity contribution in [2.45, 2.75) is 64.5 Å². The summed E-state index contributed by atoms with van der Waals surface area (Å²) in [6.07, 6.45) is 4.65. The number of rotatable bonds is 3. The Hall–Kier alpha value is -1.98. The van der Waals surface area contributed by atoms with E-state index in [1.165, 1.54) is 0 Å². The average molecular weight is 348 g/mol. The second-order valence-corrected chi connectivity index (χ2v) is 7.62. The van der Waals surface area contributed by atoms with Crippen molar-refractivity contribution >= 4 is 12.0 Å². The number of carbonyl (C=O) groups excluding carboxylic acids is 1. The lowest BCUT2D eigenvalue weighted by atomic mass is 9.86. The van der Waals surface area contributed by atoms with Crippen LogP contribution >= 0.6 is 0 Å². The number of amides is 2. The first-order valence-electron chi connectivity index (χ1n) is 9.30. The SMILES string of the molecule is Cc1ccc(C2CC(C)CCN2C(=O)NC2CCC(C(=O)O)CC2)o1. The second kappa shape index (κ2) is 7.50. The first kappa shape index (κ1) is 17.8. The maximum Gasteiger partial charge on any atom is 0.318 e. The third-order valence-electron chi connectivity index (χ3n) is 5.62. The molecule has 1 aromatic rings. The van der Waals surface area contributed by atoms with Gasteiger partial charge in [-0.05, 0) is 63.5 Å². The minimum Gasteiger partial charge on any atom is -0.481 e. The van der Waals surface area contributed by atoms with Gasteiger partial charge in [0.25, 0.3) is 0 Å². The molecule has 2 N–H and O–H groups in total. The van der Waals surface area contributed by atoms with Gasteiger partial charge >= 0.3 is 12.0 Å². The molecule has 2 atom stereocenters. The molecule has 2 aliphatic rings. The number of hydrogen-bond donors (Lipinski definition) is 2. The van der Waals surface area contributed by atoms with Gasteiger partial charge in [0.1, 0.15) is 11.5 Å². The Bertz CT molecular complexity index is 619. The van der Waals surface area contributed by atoms with E-state index in [1.54, 1.807) is 0 Å². The number of carboxylic acid groups (broad SMARTS) is 1. The third-order valence-corrected chi connectivity index (χ3v) is 5.62. The van der Waals surface area contributed by atoms with Crippen LogP contribution in [0.4, 0.5) is 4.79 Å². The number of carboxylic acids is 1. The molecule has 1 saturated heterocycles. The highest BCUT2D eigenvalue weighted by Crippen LogP contribution is 2.35. The van der Waals surface area contributed by atoms with Crippen LogP contribution in [0, 0.1) is 18.8 Å². The maximum atomic E-state index is 12.8. The number of likely N-dealkylation sites (tertiary alicyclic amines) is 1. The van der Waals surface area contributed by atoms with E-state index in [1.807, 2.05) is 24.0 Å².